The van der Waals surface area contributed by atoms with Crippen molar-refractivity contribution in [3.05, 3.63) is 29.8 Å². The third kappa shape index (κ3) is 2.18. The number of carboxylic acids is 1. The second-order valence-electron chi connectivity index (χ2n) is 4.55. The number of carbonyl (C=O) groups is 1. The maximum absolute atomic E-state index is 11.3. The second-order valence-corrected chi connectivity index (χ2v) is 4.55. The van der Waals surface area contributed by atoms with Gasteiger partial charge in [0.2, 0.25) is 0 Å². The molecule has 0 aromatic heterocycles. The Labute approximate surface area is 95.3 Å². The van der Waals surface area contributed by atoms with Crippen molar-refractivity contribution < 1.29 is 9.90 Å². The van der Waals surface area contributed by atoms with Crippen LogP contribution in [0, 0.1) is 5.92 Å². The van der Waals surface area contributed by atoms with E-state index in [4.69, 9.17) is 5.73 Å². The van der Waals surface area contributed by atoms with Crippen molar-refractivity contribution in [2.24, 2.45) is 5.92 Å². The lowest BCUT2D eigenvalue weighted by molar-refractivity contribution is -0.139. The highest BCUT2D eigenvalue weighted by Crippen LogP contribution is 2.37. The van der Waals surface area contributed by atoms with E-state index in [1.54, 1.807) is 6.07 Å². The summed E-state index contributed by atoms with van der Waals surface area (Å²) in [5.41, 5.74) is 7.19. The number of anilines is 1. The topological polar surface area (TPSA) is 63.3 Å². The summed E-state index contributed by atoms with van der Waals surface area (Å²) in [5, 5.41) is 9.26. The van der Waals surface area contributed by atoms with Gasteiger partial charge in [0.15, 0.2) is 0 Å². The number of nitrogens with two attached hydrogens (primary N) is 1. The predicted octanol–water partition coefficient (Wildman–Crippen LogP) is 2.63. The Bertz CT molecular complexity index is 385. The molecule has 0 bridgehead atoms. The lowest BCUT2D eigenvalue weighted by Crippen LogP contribution is -2.21. The minimum atomic E-state index is -0.759. The van der Waals surface area contributed by atoms with Crippen molar-refractivity contribution in [3.8, 4) is 0 Å². The number of hydrogen-bond acceptors (Lipinski definition) is 2. The van der Waals surface area contributed by atoms with E-state index in [-0.39, 0.29) is 0 Å². The summed E-state index contributed by atoms with van der Waals surface area (Å²) in [6.45, 7) is 0. The number of benzene rings is 1. The molecular formula is C13H17NO2. The van der Waals surface area contributed by atoms with Gasteiger partial charge in [0.25, 0.3) is 0 Å². The fraction of sp³-hybridized carbons (Fsp3) is 0.462. The number of aliphatic carboxylic acids is 1. The van der Waals surface area contributed by atoms with Crippen molar-refractivity contribution in [2.45, 2.75) is 31.6 Å². The monoisotopic (exact) mass is 219 g/mol. The van der Waals surface area contributed by atoms with Gasteiger partial charge in [0.05, 0.1) is 5.92 Å². The third-order valence-corrected chi connectivity index (χ3v) is 3.46. The molecule has 1 unspecified atom stereocenters. The Morgan fingerprint density at radius 2 is 2.12 bits per heavy atom. The van der Waals surface area contributed by atoms with Crippen LogP contribution in [0.1, 0.15) is 37.2 Å². The summed E-state index contributed by atoms with van der Waals surface area (Å²) < 4.78 is 0. The summed E-state index contributed by atoms with van der Waals surface area (Å²) >= 11 is 0. The average molecular weight is 219 g/mol. The van der Waals surface area contributed by atoms with E-state index in [1.165, 1.54) is 6.42 Å². The maximum atomic E-state index is 11.3. The van der Waals surface area contributed by atoms with Crippen molar-refractivity contribution >= 4 is 11.7 Å². The number of para-hydroxylation sites is 1. The van der Waals surface area contributed by atoms with Crippen LogP contribution < -0.4 is 5.73 Å². The van der Waals surface area contributed by atoms with Gasteiger partial charge in [-0.3, -0.25) is 4.79 Å². The Balaban J connectivity index is 2.18. The molecule has 0 heterocycles. The highest BCUT2D eigenvalue weighted by Gasteiger charge is 2.28. The molecule has 86 valence electrons. The zero-order valence-electron chi connectivity index (χ0n) is 9.23. The molecule has 3 heteroatoms. The number of rotatable bonds is 4. The van der Waals surface area contributed by atoms with Crippen molar-refractivity contribution in [2.75, 3.05) is 5.73 Å². The molecule has 0 radical (unpaired) electrons. The molecule has 3 N–H and O–H groups in total. The Kier molecular flexibility index (Phi) is 3.13. The minimum absolute atomic E-state index is 0.438. The maximum Gasteiger partial charge on any atom is 0.311 e. The molecule has 16 heavy (non-hydrogen) atoms. The van der Waals surface area contributed by atoms with E-state index in [1.807, 2.05) is 18.2 Å². The molecule has 0 spiro atoms. The smallest absolute Gasteiger partial charge is 0.311 e. The third-order valence-electron chi connectivity index (χ3n) is 3.46. The van der Waals surface area contributed by atoms with Crippen molar-refractivity contribution in [1.82, 2.24) is 0 Å². The molecule has 1 aromatic rings. The fourth-order valence-corrected chi connectivity index (χ4v) is 2.25. The first-order valence-corrected chi connectivity index (χ1v) is 5.75. The molecule has 1 saturated carbocycles. The van der Waals surface area contributed by atoms with Crippen LogP contribution in [0.15, 0.2) is 24.3 Å². The van der Waals surface area contributed by atoms with E-state index in [2.05, 4.69) is 0 Å². The van der Waals surface area contributed by atoms with Crippen molar-refractivity contribution in [1.29, 1.82) is 0 Å². The van der Waals surface area contributed by atoms with E-state index in [9.17, 15) is 9.90 Å². The number of nitrogen functional groups attached to an aromatic ring is 1. The fourth-order valence-electron chi connectivity index (χ4n) is 2.25. The van der Waals surface area contributed by atoms with Crippen LogP contribution in [-0.4, -0.2) is 11.1 Å². The van der Waals surface area contributed by atoms with Gasteiger partial charge in [-0.2, -0.15) is 0 Å². The zero-order chi connectivity index (χ0) is 11.5. The zero-order valence-corrected chi connectivity index (χ0v) is 9.23. The van der Waals surface area contributed by atoms with Crippen LogP contribution in [0.5, 0.6) is 0 Å². The van der Waals surface area contributed by atoms with E-state index < -0.39 is 11.9 Å². The summed E-state index contributed by atoms with van der Waals surface area (Å²) in [4.78, 5) is 11.3. The van der Waals surface area contributed by atoms with Gasteiger partial charge in [0.1, 0.15) is 0 Å². The van der Waals surface area contributed by atoms with Gasteiger partial charge in [-0.15, -0.1) is 0 Å². The summed E-state index contributed by atoms with van der Waals surface area (Å²) in [6.07, 6.45) is 4.29. The van der Waals surface area contributed by atoms with Crippen LogP contribution in [-0.2, 0) is 4.79 Å². The van der Waals surface area contributed by atoms with Crippen LogP contribution in [0.2, 0.25) is 0 Å². The lowest BCUT2D eigenvalue weighted by atomic mass is 9.77. The second kappa shape index (κ2) is 4.56. The largest absolute Gasteiger partial charge is 0.481 e. The molecule has 1 aliphatic carbocycles. The minimum Gasteiger partial charge on any atom is -0.481 e. The first-order valence-electron chi connectivity index (χ1n) is 5.75. The van der Waals surface area contributed by atoms with Gasteiger partial charge in [-0.25, -0.2) is 0 Å². The predicted molar refractivity (Wildman–Crippen MR) is 63.2 cm³/mol. The molecule has 0 amide bonds. The number of hydrogen-bond donors (Lipinski definition) is 2. The first-order chi connectivity index (χ1) is 7.68. The molecule has 1 aliphatic rings. The normalized spacial score (nSPS) is 17.8. The molecular weight excluding hydrogens is 202 g/mol. The van der Waals surface area contributed by atoms with E-state index >= 15 is 0 Å². The average Bonchev–Trinajstić information content (AvgIpc) is 2.18. The quantitative estimate of drug-likeness (QED) is 0.765. The van der Waals surface area contributed by atoms with Crippen LogP contribution >= 0.6 is 0 Å². The first kappa shape index (κ1) is 11.0. The SMILES string of the molecule is Nc1ccccc1C(CC1CCC1)C(=O)O. The van der Waals surface area contributed by atoms with E-state index in [0.717, 1.165) is 24.8 Å². The molecule has 2 rings (SSSR count). The van der Waals surface area contributed by atoms with Gasteiger partial charge in [-0.05, 0) is 24.0 Å². The van der Waals surface area contributed by atoms with Gasteiger partial charge in [-0.1, -0.05) is 37.5 Å². The summed E-state index contributed by atoms with van der Waals surface area (Å²) in [6, 6.07) is 7.28. The molecule has 1 aromatic carbocycles. The highest BCUT2D eigenvalue weighted by atomic mass is 16.4. The lowest BCUT2D eigenvalue weighted by Gasteiger charge is -2.28. The van der Waals surface area contributed by atoms with Gasteiger partial charge < -0.3 is 10.8 Å². The molecule has 1 atom stereocenters. The Morgan fingerprint density at radius 1 is 1.44 bits per heavy atom. The van der Waals surface area contributed by atoms with Crippen LogP contribution in [0.4, 0.5) is 5.69 Å². The van der Waals surface area contributed by atoms with Crippen LogP contribution in [0.25, 0.3) is 0 Å². The Morgan fingerprint density at radius 3 is 2.62 bits per heavy atom. The van der Waals surface area contributed by atoms with Gasteiger partial charge >= 0.3 is 5.97 Å². The molecule has 3 nitrogen and oxygen atoms in total. The Hall–Kier alpha value is -1.51. The standard InChI is InChI=1S/C13H17NO2/c14-12-7-2-1-6-10(12)11(13(15)16)8-9-4-3-5-9/h1-2,6-7,9,11H,3-5,8,14H2,(H,15,16). The number of carboxylic acid groups (broad SMARTS) is 1. The van der Waals surface area contributed by atoms with Crippen molar-refractivity contribution in [3.63, 3.8) is 0 Å². The van der Waals surface area contributed by atoms with Gasteiger partial charge in [0, 0.05) is 5.69 Å². The molecule has 0 aliphatic heterocycles. The molecule has 0 saturated heterocycles. The summed E-state index contributed by atoms with van der Waals surface area (Å²) in [5.74, 6) is -0.628. The summed E-state index contributed by atoms with van der Waals surface area (Å²) in [7, 11) is 0. The van der Waals surface area contributed by atoms with Crippen LogP contribution in [0.3, 0.4) is 0 Å². The molecule has 1 fully saturated rings. The highest BCUT2D eigenvalue weighted by molar-refractivity contribution is 5.78. The van der Waals surface area contributed by atoms with E-state index in [0.29, 0.717) is 11.6 Å².